The number of halogens is 2. The van der Waals surface area contributed by atoms with E-state index in [9.17, 15) is 17.6 Å². The molecule has 8 heteroatoms. The number of amides is 1. The maximum Gasteiger partial charge on any atom is 0.225 e. The lowest BCUT2D eigenvalue weighted by Crippen LogP contribution is -2.34. The van der Waals surface area contributed by atoms with Crippen molar-refractivity contribution in [3.8, 4) is 0 Å². The van der Waals surface area contributed by atoms with E-state index in [1.54, 1.807) is 0 Å². The zero-order chi connectivity index (χ0) is 15.6. The number of nitrogens with zero attached hydrogens (tertiary/aromatic N) is 1. The zero-order valence-electron chi connectivity index (χ0n) is 11.5. The summed E-state index contributed by atoms with van der Waals surface area (Å²) in [6.45, 7) is 0.143. The number of carbonyl (C=O) groups is 1. The van der Waals surface area contributed by atoms with Gasteiger partial charge in [0.25, 0.3) is 0 Å². The van der Waals surface area contributed by atoms with Crippen molar-refractivity contribution in [1.29, 1.82) is 0 Å². The second-order valence-electron chi connectivity index (χ2n) is 5.03. The van der Waals surface area contributed by atoms with Crippen LogP contribution in [-0.4, -0.2) is 37.5 Å². The first kappa shape index (κ1) is 16.2. The van der Waals surface area contributed by atoms with E-state index in [2.05, 4.69) is 5.32 Å². The van der Waals surface area contributed by atoms with Gasteiger partial charge in [0.05, 0.1) is 11.3 Å². The lowest BCUT2D eigenvalue weighted by atomic mass is 10.3. The molecule has 1 N–H and O–H groups in total. The van der Waals surface area contributed by atoms with Crippen molar-refractivity contribution in [2.24, 2.45) is 0 Å². The minimum absolute atomic E-state index is 0.0214. The fourth-order valence-corrected chi connectivity index (χ4v) is 3.35. The SMILES string of the molecule is CS(=O)(=O)N(CCC(=O)Nc1ccc(F)c(Cl)c1)C1CC1. The van der Waals surface area contributed by atoms with Crippen LogP contribution in [0.5, 0.6) is 0 Å². The lowest BCUT2D eigenvalue weighted by Gasteiger charge is -2.18. The molecule has 1 aromatic rings. The molecule has 0 radical (unpaired) electrons. The Kier molecular flexibility index (Phi) is 4.85. The van der Waals surface area contributed by atoms with Crippen molar-refractivity contribution in [3.05, 3.63) is 29.0 Å². The molecule has 1 fully saturated rings. The highest BCUT2D eigenvalue weighted by atomic mass is 35.5. The molecule has 5 nitrogen and oxygen atoms in total. The van der Waals surface area contributed by atoms with E-state index < -0.39 is 15.8 Å². The van der Waals surface area contributed by atoms with Gasteiger partial charge in [0.1, 0.15) is 5.82 Å². The van der Waals surface area contributed by atoms with Crippen LogP contribution in [0.4, 0.5) is 10.1 Å². The van der Waals surface area contributed by atoms with Gasteiger partial charge < -0.3 is 5.32 Å². The highest BCUT2D eigenvalue weighted by Crippen LogP contribution is 2.29. The molecule has 0 atom stereocenters. The minimum atomic E-state index is -3.30. The molecule has 21 heavy (non-hydrogen) atoms. The molecule has 1 aromatic carbocycles. The molecule has 1 amide bonds. The van der Waals surface area contributed by atoms with Crippen LogP contribution in [0.3, 0.4) is 0 Å². The number of benzene rings is 1. The molecule has 116 valence electrons. The molecular formula is C13H16ClFN2O3S. The minimum Gasteiger partial charge on any atom is -0.326 e. The Morgan fingerprint density at radius 1 is 1.48 bits per heavy atom. The standard InChI is InChI=1S/C13H16ClFN2O3S/c1-21(19,20)17(10-3-4-10)7-6-13(18)16-9-2-5-12(15)11(14)8-9/h2,5,8,10H,3-4,6-7H2,1H3,(H,16,18). The Morgan fingerprint density at radius 2 is 2.14 bits per heavy atom. The Labute approximate surface area is 128 Å². The van der Waals surface area contributed by atoms with E-state index in [1.807, 2.05) is 0 Å². The van der Waals surface area contributed by atoms with Crippen molar-refractivity contribution < 1.29 is 17.6 Å². The summed E-state index contributed by atoms with van der Waals surface area (Å²) in [5, 5.41) is 2.48. The van der Waals surface area contributed by atoms with Crippen LogP contribution in [0.15, 0.2) is 18.2 Å². The number of carbonyl (C=O) groups excluding carboxylic acids is 1. The van der Waals surface area contributed by atoms with Gasteiger partial charge in [0, 0.05) is 24.7 Å². The zero-order valence-corrected chi connectivity index (χ0v) is 13.0. The summed E-state index contributed by atoms with van der Waals surface area (Å²) < 4.78 is 37.6. The topological polar surface area (TPSA) is 66.5 Å². The highest BCUT2D eigenvalue weighted by Gasteiger charge is 2.34. The molecule has 0 saturated heterocycles. The molecule has 1 aliphatic carbocycles. The quantitative estimate of drug-likeness (QED) is 0.867. The normalized spacial score (nSPS) is 15.2. The summed E-state index contributed by atoms with van der Waals surface area (Å²) >= 11 is 5.62. The summed E-state index contributed by atoms with van der Waals surface area (Å²) in [7, 11) is -3.30. The fraction of sp³-hybridized carbons (Fsp3) is 0.462. The second kappa shape index (κ2) is 6.29. The largest absolute Gasteiger partial charge is 0.326 e. The third-order valence-electron chi connectivity index (χ3n) is 3.14. The number of hydrogen-bond acceptors (Lipinski definition) is 3. The van der Waals surface area contributed by atoms with Crippen LogP contribution >= 0.6 is 11.6 Å². The molecular weight excluding hydrogens is 319 g/mol. The number of rotatable bonds is 6. The molecule has 1 saturated carbocycles. The van der Waals surface area contributed by atoms with Crippen LogP contribution in [0.25, 0.3) is 0 Å². The lowest BCUT2D eigenvalue weighted by molar-refractivity contribution is -0.116. The van der Waals surface area contributed by atoms with E-state index in [4.69, 9.17) is 11.6 Å². The Morgan fingerprint density at radius 3 is 2.67 bits per heavy atom. The van der Waals surface area contributed by atoms with E-state index in [0.717, 1.165) is 25.2 Å². The first-order chi connectivity index (χ1) is 9.77. The predicted octanol–water partition coefficient (Wildman–Crippen LogP) is 2.23. The number of nitrogens with one attached hydrogen (secondary N) is 1. The van der Waals surface area contributed by atoms with Gasteiger partial charge in [0.15, 0.2) is 0 Å². The van der Waals surface area contributed by atoms with E-state index in [-0.39, 0.29) is 29.9 Å². The number of anilines is 1. The molecule has 0 spiro atoms. The Hall–Kier alpha value is -1.18. The van der Waals surface area contributed by atoms with Crippen LogP contribution in [-0.2, 0) is 14.8 Å². The van der Waals surface area contributed by atoms with Gasteiger partial charge >= 0.3 is 0 Å². The van der Waals surface area contributed by atoms with Gasteiger partial charge in [-0.2, -0.15) is 4.31 Å². The maximum absolute atomic E-state index is 13.0. The molecule has 0 heterocycles. The van der Waals surface area contributed by atoms with Crippen LogP contribution < -0.4 is 5.32 Å². The summed E-state index contributed by atoms with van der Waals surface area (Å²) in [6, 6.07) is 3.89. The fourth-order valence-electron chi connectivity index (χ4n) is 1.99. The summed E-state index contributed by atoms with van der Waals surface area (Å²) in [4.78, 5) is 11.8. The monoisotopic (exact) mass is 334 g/mol. The number of sulfonamides is 1. The number of hydrogen-bond donors (Lipinski definition) is 1. The Balaban J connectivity index is 1.91. The smallest absolute Gasteiger partial charge is 0.225 e. The maximum atomic E-state index is 13.0. The van der Waals surface area contributed by atoms with Crippen molar-refractivity contribution in [3.63, 3.8) is 0 Å². The average molecular weight is 335 g/mol. The molecule has 2 rings (SSSR count). The molecule has 1 aliphatic rings. The molecule has 0 unspecified atom stereocenters. The van der Waals surface area contributed by atoms with Crippen molar-refractivity contribution in [2.45, 2.75) is 25.3 Å². The van der Waals surface area contributed by atoms with Crippen molar-refractivity contribution in [2.75, 3.05) is 18.1 Å². The summed E-state index contributed by atoms with van der Waals surface area (Å²) in [5.74, 6) is -0.904. The van der Waals surface area contributed by atoms with Crippen molar-refractivity contribution >= 4 is 33.2 Å². The van der Waals surface area contributed by atoms with Gasteiger partial charge in [-0.1, -0.05) is 11.6 Å². The van der Waals surface area contributed by atoms with Gasteiger partial charge in [-0.15, -0.1) is 0 Å². The second-order valence-corrected chi connectivity index (χ2v) is 7.37. The van der Waals surface area contributed by atoms with E-state index in [0.29, 0.717) is 5.69 Å². The van der Waals surface area contributed by atoms with Gasteiger partial charge in [-0.3, -0.25) is 4.79 Å². The first-order valence-corrected chi connectivity index (χ1v) is 8.72. The average Bonchev–Trinajstić information content (AvgIpc) is 3.17. The van der Waals surface area contributed by atoms with Gasteiger partial charge in [0.2, 0.25) is 15.9 Å². The van der Waals surface area contributed by atoms with Gasteiger partial charge in [-0.05, 0) is 31.0 Å². The summed E-state index contributed by atoms with van der Waals surface area (Å²) in [5.41, 5.74) is 0.378. The van der Waals surface area contributed by atoms with Crippen LogP contribution in [0.1, 0.15) is 19.3 Å². The van der Waals surface area contributed by atoms with Crippen LogP contribution in [0, 0.1) is 5.82 Å². The van der Waals surface area contributed by atoms with Crippen LogP contribution in [0.2, 0.25) is 5.02 Å². The summed E-state index contributed by atoms with van der Waals surface area (Å²) in [6.07, 6.45) is 2.85. The third-order valence-corrected chi connectivity index (χ3v) is 4.77. The molecule has 0 bridgehead atoms. The molecule has 0 aromatic heterocycles. The highest BCUT2D eigenvalue weighted by molar-refractivity contribution is 7.88. The molecule has 0 aliphatic heterocycles. The predicted molar refractivity (Wildman–Crippen MR) is 79.2 cm³/mol. The van der Waals surface area contributed by atoms with E-state index in [1.165, 1.54) is 16.4 Å². The van der Waals surface area contributed by atoms with Gasteiger partial charge in [-0.25, -0.2) is 12.8 Å². The third kappa shape index (κ3) is 4.66. The Bertz CT molecular complexity index is 647. The van der Waals surface area contributed by atoms with E-state index >= 15 is 0 Å². The van der Waals surface area contributed by atoms with Crippen molar-refractivity contribution in [1.82, 2.24) is 4.31 Å². The first-order valence-electron chi connectivity index (χ1n) is 6.49.